The van der Waals surface area contributed by atoms with E-state index in [1.165, 1.54) is 16.2 Å². The fraction of sp³-hybridized carbons (Fsp3) is 0.455. The summed E-state index contributed by atoms with van der Waals surface area (Å²) in [7, 11) is 0. The van der Waals surface area contributed by atoms with E-state index in [2.05, 4.69) is 15.6 Å². The molecule has 2 aromatic rings. The maximum atomic E-state index is 13.2. The number of thiazole rings is 1. The first-order chi connectivity index (χ1) is 15.2. The highest BCUT2D eigenvalue weighted by molar-refractivity contribution is 7.19. The van der Waals surface area contributed by atoms with Gasteiger partial charge in [-0.05, 0) is 31.2 Å². The summed E-state index contributed by atoms with van der Waals surface area (Å²) >= 11 is 1.29. The molecule has 9 nitrogen and oxygen atoms in total. The first-order valence-electron chi connectivity index (χ1n) is 10.7. The van der Waals surface area contributed by atoms with Gasteiger partial charge in [-0.3, -0.25) is 14.4 Å². The lowest BCUT2D eigenvalue weighted by Gasteiger charge is -2.30. The van der Waals surface area contributed by atoms with Gasteiger partial charge in [0.2, 0.25) is 17.7 Å². The van der Waals surface area contributed by atoms with Crippen molar-refractivity contribution in [1.29, 1.82) is 0 Å². The Morgan fingerprint density at radius 2 is 1.88 bits per heavy atom. The van der Waals surface area contributed by atoms with Gasteiger partial charge in [-0.15, -0.1) is 0 Å². The van der Waals surface area contributed by atoms with Crippen LogP contribution in [0.25, 0.3) is 10.4 Å². The molecule has 1 aromatic carbocycles. The van der Waals surface area contributed by atoms with Crippen molar-refractivity contribution in [2.75, 3.05) is 17.6 Å². The Bertz CT molecular complexity index is 975. The monoisotopic (exact) mass is 458 g/mol. The van der Waals surface area contributed by atoms with Gasteiger partial charge in [0.25, 0.3) is 0 Å². The maximum Gasteiger partial charge on any atom is 0.248 e. The summed E-state index contributed by atoms with van der Waals surface area (Å²) in [6.45, 7) is 5.70. The van der Waals surface area contributed by atoms with E-state index in [-0.39, 0.29) is 17.7 Å². The number of nitrogen functional groups attached to an aromatic ring is 1. The standard InChI is InChI=1S/C22H30N6O3S/c1-12(2)16(25-19(29)13(3)23)21(31)28-11-7-10-15(28)20(30)27-22-26-18(24)17(32-22)14-8-5-4-6-9-14/h4-6,8-9,12-13,15-16H,7,10-11,23-24H2,1-3H3,(H,25,29)(H,26,27,30)/t13-,15-,16-/m0/s1. The number of carbonyl (C=O) groups is 3. The third kappa shape index (κ3) is 5.25. The van der Waals surface area contributed by atoms with Crippen LogP contribution in [0.15, 0.2) is 30.3 Å². The van der Waals surface area contributed by atoms with Gasteiger partial charge >= 0.3 is 0 Å². The van der Waals surface area contributed by atoms with Crippen LogP contribution in [0, 0.1) is 5.92 Å². The van der Waals surface area contributed by atoms with Crippen LogP contribution in [0.1, 0.15) is 33.6 Å². The Morgan fingerprint density at radius 1 is 1.19 bits per heavy atom. The van der Waals surface area contributed by atoms with Crippen molar-refractivity contribution in [3.8, 4) is 10.4 Å². The van der Waals surface area contributed by atoms with Crippen LogP contribution >= 0.6 is 11.3 Å². The number of benzene rings is 1. The fourth-order valence-corrected chi connectivity index (χ4v) is 4.54. The second-order valence-electron chi connectivity index (χ2n) is 8.30. The first kappa shape index (κ1) is 23.7. The number of nitrogens with one attached hydrogen (secondary N) is 2. The molecular formula is C22H30N6O3S. The number of hydrogen-bond acceptors (Lipinski definition) is 7. The number of carbonyl (C=O) groups excluding carboxylic acids is 3. The minimum atomic E-state index is -0.748. The number of rotatable bonds is 7. The lowest BCUT2D eigenvalue weighted by Crippen LogP contribution is -2.56. The van der Waals surface area contributed by atoms with E-state index in [0.717, 1.165) is 10.4 Å². The van der Waals surface area contributed by atoms with Crippen LogP contribution in [0.3, 0.4) is 0 Å². The van der Waals surface area contributed by atoms with Gasteiger partial charge in [0, 0.05) is 6.54 Å². The van der Waals surface area contributed by atoms with Crippen LogP contribution in [-0.2, 0) is 14.4 Å². The van der Waals surface area contributed by atoms with Crippen LogP contribution < -0.4 is 22.1 Å². The molecule has 0 aliphatic carbocycles. The molecule has 1 aliphatic heterocycles. The quantitative estimate of drug-likeness (QED) is 0.498. The Balaban J connectivity index is 1.73. The second-order valence-corrected chi connectivity index (χ2v) is 9.30. The first-order valence-corrected chi connectivity index (χ1v) is 11.5. The van der Waals surface area contributed by atoms with E-state index in [4.69, 9.17) is 11.5 Å². The fourth-order valence-electron chi connectivity index (χ4n) is 3.65. The van der Waals surface area contributed by atoms with Crippen LogP contribution in [0.2, 0.25) is 0 Å². The lowest BCUT2D eigenvalue weighted by molar-refractivity contribution is -0.141. The average molecular weight is 459 g/mol. The molecular weight excluding hydrogens is 428 g/mol. The number of likely N-dealkylation sites (tertiary alicyclic amines) is 1. The highest BCUT2D eigenvalue weighted by Crippen LogP contribution is 2.35. The van der Waals surface area contributed by atoms with Gasteiger partial charge < -0.3 is 27.0 Å². The smallest absolute Gasteiger partial charge is 0.248 e. The van der Waals surface area contributed by atoms with Gasteiger partial charge in [-0.1, -0.05) is 55.5 Å². The van der Waals surface area contributed by atoms with Crippen molar-refractivity contribution in [3.63, 3.8) is 0 Å². The Morgan fingerprint density at radius 3 is 2.50 bits per heavy atom. The maximum absolute atomic E-state index is 13.2. The molecule has 32 heavy (non-hydrogen) atoms. The zero-order chi connectivity index (χ0) is 23.4. The number of nitrogens with two attached hydrogens (primary N) is 2. The summed E-state index contributed by atoms with van der Waals surface area (Å²) in [5.74, 6) is -0.805. The summed E-state index contributed by atoms with van der Waals surface area (Å²) in [6.07, 6.45) is 1.24. The molecule has 172 valence electrons. The van der Waals surface area contributed by atoms with Gasteiger partial charge in [0.05, 0.1) is 10.9 Å². The minimum absolute atomic E-state index is 0.151. The number of hydrogen-bond donors (Lipinski definition) is 4. The second kappa shape index (κ2) is 10.1. The zero-order valence-electron chi connectivity index (χ0n) is 18.5. The molecule has 0 unspecified atom stereocenters. The third-order valence-corrected chi connectivity index (χ3v) is 6.44. The van der Waals surface area contributed by atoms with Gasteiger partial charge in [0.1, 0.15) is 17.9 Å². The molecule has 1 aliphatic rings. The van der Waals surface area contributed by atoms with Crippen molar-refractivity contribution < 1.29 is 14.4 Å². The molecule has 3 atom stereocenters. The van der Waals surface area contributed by atoms with Crippen LogP contribution in [0.5, 0.6) is 0 Å². The van der Waals surface area contributed by atoms with Gasteiger partial charge in [-0.2, -0.15) is 0 Å². The van der Waals surface area contributed by atoms with Crippen molar-refractivity contribution in [1.82, 2.24) is 15.2 Å². The molecule has 3 amide bonds. The van der Waals surface area contributed by atoms with Crippen molar-refractivity contribution in [2.24, 2.45) is 11.7 Å². The van der Waals surface area contributed by atoms with E-state index < -0.39 is 24.0 Å². The average Bonchev–Trinajstić information content (AvgIpc) is 3.38. The normalized spacial score (nSPS) is 17.8. The summed E-state index contributed by atoms with van der Waals surface area (Å²) in [6, 6.07) is 7.47. The predicted octanol–water partition coefficient (Wildman–Crippen LogP) is 1.81. The zero-order valence-corrected chi connectivity index (χ0v) is 19.3. The lowest BCUT2D eigenvalue weighted by atomic mass is 10.0. The number of aromatic nitrogens is 1. The SMILES string of the molecule is CC(C)[C@H](NC(=O)[C@H](C)N)C(=O)N1CCC[C@H]1C(=O)Nc1nc(N)c(-c2ccccc2)s1. The van der Waals surface area contributed by atoms with Gasteiger partial charge in [0.15, 0.2) is 5.13 Å². The number of nitrogens with zero attached hydrogens (tertiary/aromatic N) is 2. The molecule has 0 saturated carbocycles. The minimum Gasteiger partial charge on any atom is -0.382 e. The Labute approximate surface area is 191 Å². The Hall–Kier alpha value is -2.98. The molecule has 2 heterocycles. The molecule has 0 spiro atoms. The molecule has 6 N–H and O–H groups in total. The topological polar surface area (TPSA) is 143 Å². The highest BCUT2D eigenvalue weighted by Gasteiger charge is 2.39. The number of amides is 3. The van der Waals surface area contributed by atoms with E-state index >= 15 is 0 Å². The van der Waals surface area contributed by atoms with Crippen LogP contribution in [-0.4, -0.2) is 52.3 Å². The van der Waals surface area contributed by atoms with E-state index in [0.29, 0.717) is 30.3 Å². The predicted molar refractivity (Wildman–Crippen MR) is 126 cm³/mol. The van der Waals surface area contributed by atoms with Crippen molar-refractivity contribution in [2.45, 2.75) is 51.7 Å². The van der Waals surface area contributed by atoms with Crippen molar-refractivity contribution >= 4 is 40.0 Å². The summed E-state index contributed by atoms with van der Waals surface area (Å²) in [4.78, 5) is 44.9. The molecule has 1 saturated heterocycles. The third-order valence-electron chi connectivity index (χ3n) is 5.40. The van der Waals surface area contributed by atoms with Crippen molar-refractivity contribution in [3.05, 3.63) is 30.3 Å². The summed E-state index contributed by atoms with van der Waals surface area (Å²) in [5, 5.41) is 5.92. The van der Waals surface area contributed by atoms with E-state index in [1.807, 2.05) is 44.2 Å². The molecule has 1 fully saturated rings. The molecule has 0 radical (unpaired) electrons. The largest absolute Gasteiger partial charge is 0.382 e. The van der Waals surface area contributed by atoms with Gasteiger partial charge in [-0.25, -0.2) is 4.98 Å². The molecule has 3 rings (SSSR count). The highest BCUT2D eigenvalue weighted by atomic mass is 32.1. The number of anilines is 2. The van der Waals surface area contributed by atoms with E-state index in [9.17, 15) is 14.4 Å². The van der Waals surface area contributed by atoms with E-state index in [1.54, 1.807) is 6.92 Å². The molecule has 10 heteroatoms. The molecule has 1 aromatic heterocycles. The summed E-state index contributed by atoms with van der Waals surface area (Å²) in [5.41, 5.74) is 12.6. The Kier molecular flexibility index (Phi) is 7.47. The summed E-state index contributed by atoms with van der Waals surface area (Å²) < 4.78 is 0. The molecule has 0 bridgehead atoms. The van der Waals surface area contributed by atoms with Crippen LogP contribution in [0.4, 0.5) is 10.9 Å².